The first-order valence-corrected chi connectivity index (χ1v) is 7.41. The number of nitrogens with one attached hydrogen (secondary N) is 2. The zero-order valence-corrected chi connectivity index (χ0v) is 13.5. The highest BCUT2D eigenvalue weighted by Crippen LogP contribution is 2.25. The molecule has 3 aromatic rings. The lowest BCUT2D eigenvalue weighted by atomic mass is 10.2. The molecule has 2 aromatic heterocycles. The van der Waals surface area contributed by atoms with Crippen molar-refractivity contribution >= 4 is 34.3 Å². The second-order valence-corrected chi connectivity index (χ2v) is 5.20. The molecule has 0 aliphatic carbocycles. The molecule has 0 radical (unpaired) electrons. The summed E-state index contributed by atoms with van der Waals surface area (Å²) in [7, 11) is 1.60. The number of allylic oxidation sites excluding steroid dienone is 1. The Hall–Kier alpha value is -3.49. The van der Waals surface area contributed by atoms with Crippen LogP contribution in [0.15, 0.2) is 37.2 Å². The SMILES string of the molecule is C=CCn1ncc2cc(F)c(Nc3ncc(C(N)=O)c(NC)n3)cc21. The molecule has 0 aliphatic heterocycles. The molecule has 8 nitrogen and oxygen atoms in total. The van der Waals surface area contributed by atoms with Crippen LogP contribution in [0.5, 0.6) is 0 Å². The van der Waals surface area contributed by atoms with E-state index in [0.29, 0.717) is 11.9 Å². The van der Waals surface area contributed by atoms with Gasteiger partial charge in [-0.2, -0.15) is 10.1 Å². The van der Waals surface area contributed by atoms with Crippen LogP contribution in [0, 0.1) is 5.82 Å². The van der Waals surface area contributed by atoms with Crippen molar-refractivity contribution in [2.24, 2.45) is 5.73 Å². The summed E-state index contributed by atoms with van der Waals surface area (Å²) in [6.45, 7) is 4.18. The number of halogens is 1. The number of aromatic nitrogens is 4. The van der Waals surface area contributed by atoms with Crippen molar-refractivity contribution in [3.8, 4) is 0 Å². The van der Waals surface area contributed by atoms with E-state index in [-0.39, 0.29) is 23.0 Å². The lowest BCUT2D eigenvalue weighted by Gasteiger charge is -2.10. The van der Waals surface area contributed by atoms with E-state index in [4.69, 9.17) is 5.73 Å². The van der Waals surface area contributed by atoms with Gasteiger partial charge in [0.1, 0.15) is 11.6 Å². The van der Waals surface area contributed by atoms with Crippen LogP contribution in [-0.2, 0) is 6.54 Å². The average Bonchev–Trinajstić information content (AvgIpc) is 2.97. The molecular weight excluding hydrogens is 325 g/mol. The normalized spacial score (nSPS) is 10.6. The van der Waals surface area contributed by atoms with Gasteiger partial charge in [-0.1, -0.05) is 6.08 Å². The third-order valence-corrected chi connectivity index (χ3v) is 3.57. The molecule has 2 heterocycles. The number of hydrogen-bond donors (Lipinski definition) is 3. The summed E-state index contributed by atoms with van der Waals surface area (Å²) in [5, 5.41) is 10.4. The Morgan fingerprint density at radius 1 is 1.44 bits per heavy atom. The predicted molar refractivity (Wildman–Crippen MR) is 93.3 cm³/mol. The van der Waals surface area contributed by atoms with Gasteiger partial charge >= 0.3 is 0 Å². The first kappa shape index (κ1) is 16.4. The summed E-state index contributed by atoms with van der Waals surface area (Å²) < 4.78 is 16.0. The summed E-state index contributed by atoms with van der Waals surface area (Å²) in [4.78, 5) is 19.5. The number of rotatable bonds is 6. The largest absolute Gasteiger partial charge is 0.372 e. The summed E-state index contributed by atoms with van der Waals surface area (Å²) in [6.07, 6.45) is 4.57. The van der Waals surface area contributed by atoms with E-state index in [1.54, 1.807) is 30.1 Å². The number of amides is 1. The first-order chi connectivity index (χ1) is 12.0. The molecule has 0 unspecified atom stereocenters. The quantitative estimate of drug-likeness (QED) is 0.592. The fourth-order valence-electron chi connectivity index (χ4n) is 2.40. The van der Waals surface area contributed by atoms with E-state index in [9.17, 15) is 9.18 Å². The Balaban J connectivity index is 1.99. The van der Waals surface area contributed by atoms with Crippen LogP contribution in [0.2, 0.25) is 0 Å². The van der Waals surface area contributed by atoms with Crippen LogP contribution in [-0.4, -0.2) is 32.7 Å². The van der Waals surface area contributed by atoms with E-state index in [1.807, 2.05) is 0 Å². The molecule has 0 saturated carbocycles. The lowest BCUT2D eigenvalue weighted by molar-refractivity contribution is 0.100. The van der Waals surface area contributed by atoms with Crippen molar-refractivity contribution in [3.05, 3.63) is 48.6 Å². The van der Waals surface area contributed by atoms with E-state index in [1.165, 1.54) is 12.3 Å². The fraction of sp³-hybridized carbons (Fsp3) is 0.125. The standard InChI is InChI=1S/C16H16FN7O/c1-3-4-24-13-6-12(11(17)5-9(13)7-21-24)22-16-20-8-10(14(18)25)15(19-2)23-16/h3,5-8H,1,4H2,2H3,(H2,18,25)(H2,19,20,22,23). The molecule has 0 spiro atoms. The lowest BCUT2D eigenvalue weighted by Crippen LogP contribution is -2.15. The van der Waals surface area contributed by atoms with Crippen LogP contribution in [0.4, 0.5) is 21.8 Å². The maximum atomic E-state index is 14.3. The van der Waals surface area contributed by atoms with Gasteiger partial charge in [0.05, 0.1) is 29.5 Å². The highest BCUT2D eigenvalue weighted by molar-refractivity contribution is 5.97. The maximum absolute atomic E-state index is 14.3. The molecular formula is C16H16FN7O. The Bertz CT molecular complexity index is 967. The van der Waals surface area contributed by atoms with Gasteiger partial charge in [0.25, 0.3) is 5.91 Å². The summed E-state index contributed by atoms with van der Waals surface area (Å²) in [5.41, 5.74) is 6.33. The zero-order chi connectivity index (χ0) is 18.0. The van der Waals surface area contributed by atoms with Crippen molar-refractivity contribution < 1.29 is 9.18 Å². The molecule has 128 valence electrons. The molecule has 0 fully saturated rings. The van der Waals surface area contributed by atoms with Crippen LogP contribution in [0.1, 0.15) is 10.4 Å². The topological polar surface area (TPSA) is 111 Å². The first-order valence-electron chi connectivity index (χ1n) is 7.41. The van der Waals surface area contributed by atoms with E-state index in [2.05, 4.69) is 32.3 Å². The van der Waals surface area contributed by atoms with Crippen LogP contribution >= 0.6 is 0 Å². The number of benzene rings is 1. The molecule has 0 bridgehead atoms. The van der Waals surface area contributed by atoms with E-state index >= 15 is 0 Å². The maximum Gasteiger partial charge on any atom is 0.254 e. The van der Waals surface area contributed by atoms with Crippen LogP contribution < -0.4 is 16.4 Å². The fourth-order valence-corrected chi connectivity index (χ4v) is 2.40. The van der Waals surface area contributed by atoms with Crippen molar-refractivity contribution in [2.45, 2.75) is 6.54 Å². The second kappa shape index (κ2) is 6.56. The monoisotopic (exact) mass is 341 g/mol. The molecule has 9 heteroatoms. The number of hydrogen-bond acceptors (Lipinski definition) is 6. The van der Waals surface area contributed by atoms with Gasteiger partial charge in [0.15, 0.2) is 0 Å². The van der Waals surface area contributed by atoms with Gasteiger partial charge < -0.3 is 16.4 Å². The molecule has 0 aliphatic rings. The summed E-state index contributed by atoms with van der Waals surface area (Å²) >= 11 is 0. The number of primary amides is 1. The highest BCUT2D eigenvalue weighted by Gasteiger charge is 2.13. The second-order valence-electron chi connectivity index (χ2n) is 5.20. The molecule has 25 heavy (non-hydrogen) atoms. The van der Waals surface area contributed by atoms with Gasteiger partial charge in [-0.3, -0.25) is 9.48 Å². The smallest absolute Gasteiger partial charge is 0.254 e. The number of carbonyl (C=O) groups excluding carboxylic acids is 1. The van der Waals surface area contributed by atoms with Crippen molar-refractivity contribution in [3.63, 3.8) is 0 Å². The van der Waals surface area contributed by atoms with Crippen molar-refractivity contribution in [2.75, 3.05) is 17.7 Å². The van der Waals surface area contributed by atoms with Crippen LogP contribution in [0.25, 0.3) is 10.9 Å². The zero-order valence-electron chi connectivity index (χ0n) is 13.5. The number of anilines is 3. The molecule has 0 saturated heterocycles. The van der Waals surface area contributed by atoms with Gasteiger partial charge in [-0.15, -0.1) is 6.58 Å². The molecule has 1 aromatic carbocycles. The van der Waals surface area contributed by atoms with E-state index < -0.39 is 11.7 Å². The van der Waals surface area contributed by atoms with Gasteiger partial charge in [0.2, 0.25) is 5.95 Å². The summed E-state index contributed by atoms with van der Waals surface area (Å²) in [6, 6.07) is 2.99. The van der Waals surface area contributed by atoms with Crippen molar-refractivity contribution in [1.29, 1.82) is 0 Å². The minimum absolute atomic E-state index is 0.127. The Labute approximate surface area is 142 Å². The Morgan fingerprint density at radius 3 is 2.92 bits per heavy atom. The average molecular weight is 341 g/mol. The summed E-state index contributed by atoms with van der Waals surface area (Å²) in [5.74, 6) is -0.748. The third kappa shape index (κ3) is 3.11. The van der Waals surface area contributed by atoms with E-state index in [0.717, 1.165) is 5.52 Å². The third-order valence-electron chi connectivity index (χ3n) is 3.57. The van der Waals surface area contributed by atoms with Gasteiger partial charge in [0, 0.05) is 18.6 Å². The van der Waals surface area contributed by atoms with Gasteiger partial charge in [-0.05, 0) is 12.1 Å². The number of nitrogens with zero attached hydrogens (tertiary/aromatic N) is 4. The Kier molecular flexibility index (Phi) is 4.29. The number of carbonyl (C=O) groups is 1. The van der Waals surface area contributed by atoms with Crippen LogP contribution in [0.3, 0.4) is 0 Å². The Morgan fingerprint density at radius 2 is 2.24 bits per heavy atom. The number of nitrogens with two attached hydrogens (primary N) is 1. The predicted octanol–water partition coefficient (Wildman–Crippen LogP) is 2.04. The number of fused-ring (bicyclic) bond motifs is 1. The molecule has 4 N–H and O–H groups in total. The highest BCUT2D eigenvalue weighted by atomic mass is 19.1. The minimum Gasteiger partial charge on any atom is -0.372 e. The minimum atomic E-state index is -0.656. The van der Waals surface area contributed by atoms with Crippen molar-refractivity contribution in [1.82, 2.24) is 19.7 Å². The molecule has 0 atom stereocenters. The molecule has 3 rings (SSSR count). The molecule has 1 amide bonds. The van der Waals surface area contributed by atoms with Gasteiger partial charge in [-0.25, -0.2) is 9.37 Å².